The lowest BCUT2D eigenvalue weighted by Crippen LogP contribution is -2.06. The standard InChI is InChI=1S/C16H16N6S/c1-23-16-13-14(19-9-20-15(13)21-22-16)17-7-6-10-8-18-12-5-3-2-4-11(10)12/h2-5,8-9,18H,6-7H2,1H3,(H2,17,19,20,21,22). The third-order valence-corrected chi connectivity index (χ3v) is 4.56. The fraction of sp³-hybridized carbons (Fsp3) is 0.188. The molecular formula is C16H16N6S. The van der Waals surface area contributed by atoms with E-state index < -0.39 is 0 Å². The first-order chi connectivity index (χ1) is 11.4. The minimum atomic E-state index is 0.763. The Morgan fingerprint density at radius 1 is 1.22 bits per heavy atom. The summed E-state index contributed by atoms with van der Waals surface area (Å²) in [5.41, 5.74) is 3.24. The summed E-state index contributed by atoms with van der Waals surface area (Å²) < 4.78 is 0. The van der Waals surface area contributed by atoms with Crippen LogP contribution in [0.5, 0.6) is 0 Å². The molecule has 0 saturated carbocycles. The Morgan fingerprint density at radius 3 is 3.04 bits per heavy atom. The van der Waals surface area contributed by atoms with Gasteiger partial charge in [0.2, 0.25) is 0 Å². The Labute approximate surface area is 137 Å². The van der Waals surface area contributed by atoms with Crippen molar-refractivity contribution in [3.05, 3.63) is 42.4 Å². The normalized spacial score (nSPS) is 11.3. The molecule has 3 N–H and O–H groups in total. The van der Waals surface area contributed by atoms with Gasteiger partial charge < -0.3 is 10.3 Å². The SMILES string of the molecule is CSc1n[nH]c2ncnc(NCCc3c[nH]c4ccccc34)c12. The first kappa shape index (κ1) is 14.1. The third-order valence-electron chi connectivity index (χ3n) is 3.88. The van der Waals surface area contributed by atoms with Gasteiger partial charge in [0.1, 0.15) is 17.2 Å². The van der Waals surface area contributed by atoms with Crippen LogP contribution in [0, 0.1) is 0 Å². The quantitative estimate of drug-likeness (QED) is 0.491. The van der Waals surface area contributed by atoms with Crippen molar-refractivity contribution < 1.29 is 0 Å². The minimum Gasteiger partial charge on any atom is -0.369 e. The summed E-state index contributed by atoms with van der Waals surface area (Å²) in [5, 5.41) is 13.8. The summed E-state index contributed by atoms with van der Waals surface area (Å²) in [6.07, 6.45) is 6.55. The minimum absolute atomic E-state index is 0.763. The zero-order valence-corrected chi connectivity index (χ0v) is 13.4. The predicted molar refractivity (Wildman–Crippen MR) is 94.0 cm³/mol. The Bertz CT molecular complexity index is 957. The lowest BCUT2D eigenvalue weighted by Gasteiger charge is -2.06. The number of benzene rings is 1. The predicted octanol–water partition coefficient (Wildman–Crippen LogP) is 3.21. The van der Waals surface area contributed by atoms with Crippen LogP contribution in [0.1, 0.15) is 5.56 Å². The summed E-state index contributed by atoms with van der Waals surface area (Å²) in [4.78, 5) is 11.9. The highest BCUT2D eigenvalue weighted by Gasteiger charge is 2.12. The molecule has 3 aromatic heterocycles. The van der Waals surface area contributed by atoms with Gasteiger partial charge in [-0.1, -0.05) is 18.2 Å². The second-order valence-electron chi connectivity index (χ2n) is 5.22. The molecular weight excluding hydrogens is 308 g/mol. The van der Waals surface area contributed by atoms with Crippen LogP contribution in [0.15, 0.2) is 41.8 Å². The van der Waals surface area contributed by atoms with E-state index in [0.29, 0.717) is 0 Å². The van der Waals surface area contributed by atoms with Gasteiger partial charge >= 0.3 is 0 Å². The van der Waals surface area contributed by atoms with E-state index in [1.807, 2.05) is 12.3 Å². The number of fused-ring (bicyclic) bond motifs is 2. The molecule has 0 fully saturated rings. The molecule has 0 atom stereocenters. The molecule has 116 valence electrons. The molecule has 7 heteroatoms. The van der Waals surface area contributed by atoms with E-state index in [-0.39, 0.29) is 0 Å². The van der Waals surface area contributed by atoms with Crippen LogP contribution < -0.4 is 5.32 Å². The number of aromatic nitrogens is 5. The molecule has 6 nitrogen and oxygen atoms in total. The molecule has 1 aromatic carbocycles. The number of aromatic amines is 2. The zero-order chi connectivity index (χ0) is 15.6. The van der Waals surface area contributed by atoms with E-state index in [0.717, 1.165) is 34.8 Å². The highest BCUT2D eigenvalue weighted by Crippen LogP contribution is 2.27. The summed E-state index contributed by atoms with van der Waals surface area (Å²) in [6, 6.07) is 8.35. The smallest absolute Gasteiger partial charge is 0.161 e. The van der Waals surface area contributed by atoms with Crippen LogP contribution >= 0.6 is 11.8 Å². The summed E-state index contributed by atoms with van der Waals surface area (Å²) in [5.74, 6) is 0.827. The molecule has 0 unspecified atom stereocenters. The monoisotopic (exact) mass is 324 g/mol. The number of nitrogens with one attached hydrogen (secondary N) is 3. The Balaban J connectivity index is 1.54. The Hall–Kier alpha value is -2.54. The first-order valence-corrected chi connectivity index (χ1v) is 8.61. The largest absolute Gasteiger partial charge is 0.369 e. The van der Waals surface area contributed by atoms with Gasteiger partial charge in [0.25, 0.3) is 0 Å². The molecule has 0 aliphatic carbocycles. The molecule has 0 amide bonds. The van der Waals surface area contributed by atoms with E-state index in [4.69, 9.17) is 0 Å². The summed E-state index contributed by atoms with van der Waals surface area (Å²) in [6.45, 7) is 0.799. The second-order valence-corrected chi connectivity index (χ2v) is 6.01. The molecule has 0 aliphatic rings. The van der Waals surface area contributed by atoms with Crippen molar-refractivity contribution in [2.75, 3.05) is 18.1 Å². The number of hydrogen-bond acceptors (Lipinski definition) is 5. The van der Waals surface area contributed by atoms with Crippen molar-refractivity contribution in [1.29, 1.82) is 0 Å². The van der Waals surface area contributed by atoms with Gasteiger partial charge in [-0.3, -0.25) is 5.10 Å². The molecule has 0 bridgehead atoms. The summed E-state index contributed by atoms with van der Waals surface area (Å²) >= 11 is 1.58. The van der Waals surface area contributed by atoms with E-state index >= 15 is 0 Å². The topological polar surface area (TPSA) is 82.3 Å². The molecule has 0 spiro atoms. The molecule has 4 rings (SSSR count). The molecule has 23 heavy (non-hydrogen) atoms. The maximum absolute atomic E-state index is 4.37. The molecule has 3 heterocycles. The highest BCUT2D eigenvalue weighted by atomic mass is 32.2. The summed E-state index contributed by atoms with van der Waals surface area (Å²) in [7, 11) is 0. The Morgan fingerprint density at radius 2 is 2.13 bits per heavy atom. The number of para-hydroxylation sites is 1. The van der Waals surface area contributed by atoms with Crippen LogP contribution in [0.2, 0.25) is 0 Å². The molecule has 4 aromatic rings. The van der Waals surface area contributed by atoms with E-state index in [9.17, 15) is 0 Å². The van der Waals surface area contributed by atoms with Crippen LogP contribution in [0.3, 0.4) is 0 Å². The van der Waals surface area contributed by atoms with Crippen molar-refractivity contribution in [1.82, 2.24) is 25.1 Å². The lowest BCUT2D eigenvalue weighted by atomic mass is 10.1. The number of thioether (sulfide) groups is 1. The average molecular weight is 324 g/mol. The number of nitrogens with zero attached hydrogens (tertiary/aromatic N) is 3. The fourth-order valence-electron chi connectivity index (χ4n) is 2.77. The van der Waals surface area contributed by atoms with Crippen LogP contribution in [0.25, 0.3) is 21.9 Å². The number of H-pyrrole nitrogens is 2. The van der Waals surface area contributed by atoms with Crippen molar-refractivity contribution >= 4 is 39.5 Å². The van der Waals surface area contributed by atoms with E-state index in [2.05, 4.69) is 54.9 Å². The van der Waals surface area contributed by atoms with Gasteiger partial charge in [0.05, 0.1) is 5.39 Å². The third kappa shape index (κ3) is 2.53. The highest BCUT2D eigenvalue weighted by molar-refractivity contribution is 7.98. The van der Waals surface area contributed by atoms with Gasteiger partial charge in [-0.05, 0) is 24.3 Å². The molecule has 0 saturated heterocycles. The van der Waals surface area contributed by atoms with Crippen molar-refractivity contribution in [2.45, 2.75) is 11.4 Å². The number of hydrogen-bond donors (Lipinski definition) is 3. The lowest BCUT2D eigenvalue weighted by molar-refractivity contribution is 1.01. The van der Waals surface area contributed by atoms with Gasteiger partial charge in [-0.25, -0.2) is 9.97 Å². The molecule has 0 radical (unpaired) electrons. The van der Waals surface area contributed by atoms with Crippen LogP contribution in [0.4, 0.5) is 5.82 Å². The van der Waals surface area contributed by atoms with Gasteiger partial charge in [-0.2, -0.15) is 5.10 Å². The molecule has 0 aliphatic heterocycles. The van der Waals surface area contributed by atoms with Crippen molar-refractivity contribution in [3.63, 3.8) is 0 Å². The number of rotatable bonds is 5. The average Bonchev–Trinajstić information content (AvgIpc) is 3.19. The van der Waals surface area contributed by atoms with E-state index in [1.54, 1.807) is 18.1 Å². The maximum Gasteiger partial charge on any atom is 0.161 e. The van der Waals surface area contributed by atoms with E-state index in [1.165, 1.54) is 16.5 Å². The Kier molecular flexibility index (Phi) is 3.63. The van der Waals surface area contributed by atoms with Crippen molar-refractivity contribution in [2.24, 2.45) is 0 Å². The zero-order valence-electron chi connectivity index (χ0n) is 12.6. The number of anilines is 1. The maximum atomic E-state index is 4.37. The van der Waals surface area contributed by atoms with Gasteiger partial charge in [0, 0.05) is 23.6 Å². The van der Waals surface area contributed by atoms with Gasteiger partial charge in [-0.15, -0.1) is 11.8 Å². The van der Waals surface area contributed by atoms with Crippen LogP contribution in [-0.2, 0) is 6.42 Å². The van der Waals surface area contributed by atoms with Crippen molar-refractivity contribution in [3.8, 4) is 0 Å². The second kappa shape index (κ2) is 5.92. The van der Waals surface area contributed by atoms with Gasteiger partial charge in [0.15, 0.2) is 5.65 Å². The first-order valence-electron chi connectivity index (χ1n) is 7.39. The van der Waals surface area contributed by atoms with Crippen LogP contribution in [-0.4, -0.2) is 37.9 Å². The fourth-order valence-corrected chi connectivity index (χ4v) is 3.30.